The van der Waals surface area contributed by atoms with Crippen molar-refractivity contribution >= 4 is 46.3 Å². The lowest BCUT2D eigenvalue weighted by molar-refractivity contribution is 0.107. The smallest absolute Gasteiger partial charge is 0.252 e. The molecule has 0 N–H and O–H groups in total. The fourth-order valence-corrected chi connectivity index (χ4v) is 1.64. The van der Waals surface area contributed by atoms with E-state index in [0.717, 1.165) is 12.6 Å². The van der Waals surface area contributed by atoms with E-state index in [1.165, 1.54) is 24.3 Å². The minimum absolute atomic E-state index is 0. The summed E-state index contributed by atoms with van der Waals surface area (Å²) in [5.74, 6) is 0. The van der Waals surface area contributed by atoms with Crippen LogP contribution < -0.4 is 0 Å². The summed E-state index contributed by atoms with van der Waals surface area (Å²) in [6.07, 6.45) is 1.49. The van der Waals surface area contributed by atoms with Crippen molar-refractivity contribution in [2.75, 3.05) is 0 Å². The second-order valence-corrected chi connectivity index (χ2v) is 4.71. The lowest BCUT2D eigenvalue weighted by Crippen LogP contribution is -1.92. The van der Waals surface area contributed by atoms with Crippen molar-refractivity contribution in [3.8, 4) is 0 Å². The molecule has 0 atom stereocenters. The fraction of sp³-hybridized carbons (Fsp3) is 0.273. The van der Waals surface area contributed by atoms with Crippen LogP contribution in [0.1, 0.15) is 89.0 Å². The number of hydrogen-bond donors (Lipinski definition) is 0. The molecule has 0 heterocycles. The van der Waals surface area contributed by atoms with Gasteiger partial charge in [0.15, 0.2) is 0 Å². The average Bonchev–Trinajstić information content (AvgIpc) is 2.64. The minimum Gasteiger partial charge on any atom is -0.298 e. The zero-order chi connectivity index (χ0) is 18.5. The quantitative estimate of drug-likeness (QED) is 0.360. The van der Waals surface area contributed by atoms with Crippen molar-refractivity contribution in [3.63, 3.8) is 0 Å². The van der Waals surface area contributed by atoms with Gasteiger partial charge in [0.25, 0.3) is 10.5 Å². The van der Waals surface area contributed by atoms with Gasteiger partial charge < -0.3 is 0 Å². The van der Waals surface area contributed by atoms with Crippen LogP contribution in [-0.2, 0) is 0 Å². The van der Waals surface area contributed by atoms with E-state index < -0.39 is 10.5 Å². The van der Waals surface area contributed by atoms with Crippen molar-refractivity contribution < 1.29 is 22.1 Å². The first-order chi connectivity index (χ1) is 11.5. The number of carbonyl (C=O) groups excluding carboxylic acids is 4. The third-order valence-corrected chi connectivity index (χ3v) is 2.98. The Morgan fingerprint density at radius 3 is 1.00 bits per heavy atom. The molecule has 0 unspecified atom stereocenters. The minimum atomic E-state index is -0.552. The van der Waals surface area contributed by atoms with Gasteiger partial charge in [0.1, 0.15) is 12.6 Å². The maximum absolute atomic E-state index is 10.6. The van der Waals surface area contributed by atoms with E-state index >= 15 is 0 Å². The van der Waals surface area contributed by atoms with E-state index in [1.807, 2.05) is 0 Å². The van der Waals surface area contributed by atoms with E-state index in [2.05, 4.69) is 0 Å². The highest BCUT2D eigenvalue weighted by atomic mass is 35.5. The Bertz CT molecular complexity index is 629. The van der Waals surface area contributed by atoms with Crippen LogP contribution in [0, 0.1) is 0 Å². The normalized spacial score (nSPS) is 7.50. The molecule has 0 aliphatic rings. The number of halogens is 2. The van der Waals surface area contributed by atoms with E-state index in [1.54, 1.807) is 24.3 Å². The highest BCUT2D eigenvalue weighted by molar-refractivity contribution is 6.68. The molecule has 0 aliphatic carbocycles. The molecule has 2 aromatic carbocycles. The Balaban J connectivity index is -0.0000000553. The summed E-state index contributed by atoms with van der Waals surface area (Å²) in [7, 11) is 0. The standard InChI is InChI=1S/C8H4Cl2O2.C8H6O2.6CH4.H2/c9-7(11)5-1-2-6(4-3-5)8(10)12;9-5-7-1-2-8(6-10)4-3-7;;;;;;;/h1-4H;1-6H;6*1H4;1H/i;;;;;;;;1+2D. The molecule has 0 amide bonds. The second kappa shape index (κ2) is 21.0. The fourth-order valence-electron chi connectivity index (χ4n) is 1.39. The molecule has 4 nitrogen and oxygen atoms in total. The summed E-state index contributed by atoms with van der Waals surface area (Å²) >= 11 is 10.4. The summed E-state index contributed by atoms with van der Waals surface area (Å²) in [5.41, 5.74) is 1.87. The Hall–Kier alpha value is -2.30. The van der Waals surface area contributed by atoms with Gasteiger partial charge in [-0.2, -0.15) is 0 Å². The monoisotopic (exact) mass is 437 g/mol. The molecule has 0 bridgehead atoms. The highest BCUT2D eigenvalue weighted by Crippen LogP contribution is 2.08. The van der Waals surface area contributed by atoms with Crippen LogP contribution in [0.25, 0.3) is 0 Å². The molecule has 0 fully saturated rings. The molecule has 0 saturated heterocycles. The first-order valence-corrected chi connectivity index (χ1v) is 6.73. The number of aldehydes is 2. The van der Waals surface area contributed by atoms with Crippen LogP contribution in [0.5, 0.6) is 0 Å². The maximum Gasteiger partial charge on any atom is 0.252 e. The van der Waals surface area contributed by atoms with Gasteiger partial charge in [-0.1, -0.05) is 68.8 Å². The maximum atomic E-state index is 10.6. The van der Waals surface area contributed by atoms with Crippen LogP contribution in [0.3, 0.4) is 0 Å². The molecule has 162 valence electrons. The van der Waals surface area contributed by atoms with E-state index in [-0.39, 0.29) is 44.6 Å². The first kappa shape index (κ1) is 36.6. The van der Waals surface area contributed by atoms with Gasteiger partial charge in [0.05, 0.1) is 0 Å². The Labute approximate surface area is 184 Å². The number of hydrogen-bond acceptors (Lipinski definition) is 4. The van der Waals surface area contributed by atoms with Crippen LogP contribution in [0.15, 0.2) is 48.5 Å². The first-order valence-electron chi connectivity index (χ1n) is 6.98. The molecule has 0 spiro atoms. The van der Waals surface area contributed by atoms with Crippen molar-refractivity contribution in [1.29, 1.82) is 0 Å². The van der Waals surface area contributed by atoms with Gasteiger partial charge in [-0.05, 0) is 47.5 Å². The van der Waals surface area contributed by atoms with Crippen molar-refractivity contribution in [3.05, 3.63) is 70.8 Å². The lowest BCUT2D eigenvalue weighted by atomic mass is 10.2. The topological polar surface area (TPSA) is 68.3 Å². The summed E-state index contributed by atoms with van der Waals surface area (Å²) < 4.78 is 10.0. The number of carbonyl (C=O) groups is 4. The zero-order valence-corrected chi connectivity index (χ0v) is 12.7. The molecular formula is C22H36Cl2O4. The third kappa shape index (κ3) is 13.8. The molecule has 6 heteroatoms. The third-order valence-electron chi connectivity index (χ3n) is 2.55. The molecule has 0 aromatic heterocycles. The molecular weight excluding hydrogens is 399 g/mol. The van der Waals surface area contributed by atoms with Crippen LogP contribution in [-0.4, -0.2) is 23.1 Å². The second-order valence-electron chi connectivity index (χ2n) is 4.03. The van der Waals surface area contributed by atoms with Crippen LogP contribution >= 0.6 is 23.2 Å². The average molecular weight is 438 g/mol. The largest absolute Gasteiger partial charge is 0.298 e. The SMILES string of the molecule is C.C.C.C.C.C.O=C(Cl)c1ccc(C(=O)Cl)cc1.O=Cc1ccc(C=O)cc1.[2H][3H]. The van der Waals surface area contributed by atoms with Gasteiger partial charge >= 0.3 is 0 Å². The Morgan fingerprint density at radius 2 is 0.857 bits per heavy atom. The molecule has 0 saturated carbocycles. The number of benzene rings is 2. The Kier molecular flexibility index (Phi) is 27.5. The van der Waals surface area contributed by atoms with Gasteiger partial charge in [-0.25, -0.2) is 0 Å². The van der Waals surface area contributed by atoms with E-state index in [0.29, 0.717) is 22.3 Å². The highest BCUT2D eigenvalue weighted by Gasteiger charge is 2.03. The molecule has 2 aromatic rings. The van der Waals surface area contributed by atoms with Crippen molar-refractivity contribution in [2.24, 2.45) is 0 Å². The summed E-state index contributed by atoms with van der Waals surface area (Å²) in [6.45, 7) is 0. The van der Waals surface area contributed by atoms with Gasteiger partial charge in [-0.3, -0.25) is 19.2 Å². The summed E-state index contributed by atoms with van der Waals surface area (Å²) in [5, 5.41) is -1.10. The summed E-state index contributed by atoms with van der Waals surface area (Å²) in [6, 6.07) is 12.2. The lowest BCUT2D eigenvalue weighted by Gasteiger charge is -1.94. The molecule has 0 radical (unpaired) electrons. The predicted molar refractivity (Wildman–Crippen MR) is 127 cm³/mol. The van der Waals surface area contributed by atoms with Gasteiger partial charge in [0, 0.05) is 25.2 Å². The van der Waals surface area contributed by atoms with Gasteiger partial charge in [0.2, 0.25) is 0 Å². The molecule has 28 heavy (non-hydrogen) atoms. The van der Waals surface area contributed by atoms with E-state index in [9.17, 15) is 19.2 Å². The number of rotatable bonds is 4. The van der Waals surface area contributed by atoms with Crippen LogP contribution in [0.4, 0.5) is 0 Å². The van der Waals surface area contributed by atoms with Crippen molar-refractivity contribution in [1.82, 2.24) is 0 Å². The zero-order valence-electron chi connectivity index (χ0n) is 13.2. The Morgan fingerprint density at radius 1 is 0.643 bits per heavy atom. The van der Waals surface area contributed by atoms with E-state index in [4.69, 9.17) is 26.2 Å². The van der Waals surface area contributed by atoms with Crippen LogP contribution in [0.2, 0.25) is 0 Å². The predicted octanol–water partition coefficient (Wildman–Crippen LogP) is 7.82. The summed E-state index contributed by atoms with van der Waals surface area (Å²) in [4.78, 5) is 41.4. The van der Waals surface area contributed by atoms with Crippen molar-refractivity contribution in [2.45, 2.75) is 44.6 Å². The van der Waals surface area contributed by atoms with Gasteiger partial charge in [-0.15, -0.1) is 0 Å². The molecule has 0 aliphatic heterocycles. The molecule has 2 rings (SSSR count).